The Kier molecular flexibility index (Phi) is 4.88. The maximum atomic E-state index is 11.7. The van der Waals surface area contributed by atoms with E-state index in [0.29, 0.717) is 5.56 Å². The Morgan fingerprint density at radius 1 is 1.23 bits per heavy atom. The minimum absolute atomic E-state index is 0.0246. The Bertz CT molecular complexity index is 650. The molecule has 9 nitrogen and oxygen atoms in total. The Hall–Kier alpha value is -2.27. The topological polar surface area (TPSA) is 138 Å². The zero-order valence-electron chi connectivity index (χ0n) is 11.6. The van der Waals surface area contributed by atoms with Gasteiger partial charge in [0, 0.05) is 12.1 Å². The van der Waals surface area contributed by atoms with E-state index >= 15 is 0 Å². The molecule has 0 aliphatic heterocycles. The number of H-pyrrole nitrogens is 1. The number of benzene rings is 1. The maximum absolute atomic E-state index is 11.7. The maximum Gasteiger partial charge on any atom is 0.354 e. The summed E-state index contributed by atoms with van der Waals surface area (Å²) in [5.74, 6) is -0.815. The molecular weight excluding hydrogens is 294 g/mol. The molecule has 0 fully saturated rings. The standard InChI is InChI=1S/C13H15N3O6/c1-2-22-13(17)11-7-10(12(14-11)16(20)21)8-3-5-9(6-4-8)15(18)19/h3-7,14-16,18,20H,2H2,1H3. The van der Waals surface area contributed by atoms with Crippen LogP contribution in [-0.2, 0) is 4.74 Å². The minimum atomic E-state index is -1.23. The number of carbonyl (C=O) groups excluding carboxylic acids is 1. The normalized spacial score (nSPS) is 13.7. The molecule has 0 bridgehead atoms. The van der Waals surface area contributed by atoms with E-state index in [2.05, 4.69) is 4.98 Å². The molecule has 1 aromatic heterocycles. The minimum Gasteiger partial charge on any atom is -0.595 e. The summed E-state index contributed by atoms with van der Waals surface area (Å²) in [7, 11) is 0. The first-order valence-corrected chi connectivity index (χ1v) is 6.41. The second-order valence-electron chi connectivity index (χ2n) is 4.38. The molecule has 0 radical (unpaired) electrons. The fourth-order valence-electron chi connectivity index (χ4n) is 1.96. The molecule has 0 amide bonds. The molecule has 2 aromatic rings. The molecule has 9 heteroatoms. The van der Waals surface area contributed by atoms with Gasteiger partial charge in [-0.05, 0) is 30.7 Å². The summed E-state index contributed by atoms with van der Waals surface area (Å²) in [5.41, 5.74) is 0.875. The van der Waals surface area contributed by atoms with Crippen LogP contribution in [0, 0.1) is 10.4 Å². The third-order valence-electron chi connectivity index (χ3n) is 2.97. The van der Waals surface area contributed by atoms with Crippen LogP contribution in [0.1, 0.15) is 17.4 Å². The van der Waals surface area contributed by atoms with Gasteiger partial charge in [0.25, 0.3) is 0 Å². The molecule has 22 heavy (non-hydrogen) atoms. The Morgan fingerprint density at radius 3 is 2.36 bits per heavy atom. The quantitative estimate of drug-likeness (QED) is 0.378. The third-order valence-corrected chi connectivity index (χ3v) is 2.97. The van der Waals surface area contributed by atoms with E-state index < -0.39 is 16.4 Å². The Labute approximate surface area is 125 Å². The van der Waals surface area contributed by atoms with Gasteiger partial charge in [0.05, 0.1) is 12.2 Å². The van der Waals surface area contributed by atoms with Crippen LogP contribution in [0.15, 0.2) is 30.3 Å². The van der Waals surface area contributed by atoms with Crippen LogP contribution in [0.3, 0.4) is 0 Å². The smallest absolute Gasteiger partial charge is 0.354 e. The highest BCUT2D eigenvalue weighted by Crippen LogP contribution is 2.27. The van der Waals surface area contributed by atoms with Gasteiger partial charge >= 0.3 is 5.97 Å². The van der Waals surface area contributed by atoms with Crippen LogP contribution in [0.4, 0.5) is 11.5 Å². The molecule has 118 valence electrons. The second-order valence-corrected chi connectivity index (χ2v) is 4.38. The van der Waals surface area contributed by atoms with Gasteiger partial charge in [-0.1, -0.05) is 0 Å². The summed E-state index contributed by atoms with van der Waals surface area (Å²) in [6, 6.07) is 7.06. The fraction of sp³-hybridized carbons (Fsp3) is 0.154. The van der Waals surface area contributed by atoms with E-state index in [1.807, 2.05) is 0 Å². The number of hydrogen-bond acceptors (Lipinski definition) is 6. The number of aromatic nitrogens is 1. The summed E-state index contributed by atoms with van der Waals surface area (Å²) in [6.07, 6.45) is 0. The van der Waals surface area contributed by atoms with Crippen molar-refractivity contribution in [2.45, 2.75) is 6.92 Å². The molecule has 1 aromatic carbocycles. The fourth-order valence-corrected chi connectivity index (χ4v) is 1.96. The summed E-state index contributed by atoms with van der Waals surface area (Å²) in [6.45, 7) is 1.81. The zero-order valence-corrected chi connectivity index (χ0v) is 11.6. The van der Waals surface area contributed by atoms with E-state index in [4.69, 9.17) is 9.94 Å². The number of nitrogens with one attached hydrogen (secondary N) is 3. The van der Waals surface area contributed by atoms with Crippen molar-refractivity contribution < 1.29 is 30.4 Å². The summed E-state index contributed by atoms with van der Waals surface area (Å²) in [5, 5.41) is 37.9. The third kappa shape index (κ3) is 3.31. The lowest BCUT2D eigenvalue weighted by molar-refractivity contribution is -0.992. The number of carbonyl (C=O) groups is 1. The molecule has 0 spiro atoms. The molecule has 1 heterocycles. The molecule has 0 aliphatic carbocycles. The average molecular weight is 309 g/mol. The van der Waals surface area contributed by atoms with Gasteiger partial charge in [-0.3, -0.25) is 0 Å². The van der Waals surface area contributed by atoms with Crippen molar-refractivity contribution in [3.05, 3.63) is 46.4 Å². The van der Waals surface area contributed by atoms with Gasteiger partial charge in [0.15, 0.2) is 5.69 Å². The highest BCUT2D eigenvalue weighted by molar-refractivity contribution is 5.91. The van der Waals surface area contributed by atoms with Gasteiger partial charge < -0.3 is 20.1 Å². The number of aromatic amines is 1. The van der Waals surface area contributed by atoms with E-state index in [1.165, 1.54) is 30.3 Å². The average Bonchev–Trinajstić information content (AvgIpc) is 2.93. The number of quaternary nitrogens is 2. The van der Waals surface area contributed by atoms with Gasteiger partial charge in [0.2, 0.25) is 5.82 Å². The van der Waals surface area contributed by atoms with Crippen molar-refractivity contribution in [1.29, 1.82) is 0 Å². The van der Waals surface area contributed by atoms with E-state index in [1.54, 1.807) is 6.92 Å². The lowest BCUT2D eigenvalue weighted by Crippen LogP contribution is -2.99. The van der Waals surface area contributed by atoms with Crippen LogP contribution in [-0.4, -0.2) is 28.0 Å². The Balaban J connectivity index is 2.42. The lowest BCUT2D eigenvalue weighted by Gasteiger charge is -2.13. The van der Waals surface area contributed by atoms with Gasteiger partial charge in [0.1, 0.15) is 5.69 Å². The van der Waals surface area contributed by atoms with Crippen molar-refractivity contribution in [2.75, 3.05) is 6.61 Å². The van der Waals surface area contributed by atoms with Crippen LogP contribution < -0.4 is 10.5 Å². The highest BCUT2D eigenvalue weighted by Gasteiger charge is 2.20. The van der Waals surface area contributed by atoms with Crippen molar-refractivity contribution in [1.82, 2.24) is 4.98 Å². The molecule has 0 aliphatic rings. The monoisotopic (exact) mass is 309 g/mol. The van der Waals surface area contributed by atoms with Crippen molar-refractivity contribution in [3.63, 3.8) is 0 Å². The van der Waals surface area contributed by atoms with Gasteiger partial charge in [-0.2, -0.15) is 10.5 Å². The number of ether oxygens (including phenoxy) is 1. The first kappa shape index (κ1) is 16.1. The van der Waals surface area contributed by atoms with Gasteiger partial charge in [-0.15, -0.1) is 0 Å². The molecule has 2 atom stereocenters. The van der Waals surface area contributed by atoms with Crippen molar-refractivity contribution >= 4 is 17.5 Å². The van der Waals surface area contributed by atoms with Gasteiger partial charge in [-0.25, -0.2) is 15.2 Å². The largest absolute Gasteiger partial charge is 0.595 e. The summed E-state index contributed by atoms with van der Waals surface area (Å²) < 4.78 is 4.82. The van der Waals surface area contributed by atoms with Crippen molar-refractivity contribution in [3.8, 4) is 11.1 Å². The predicted octanol–water partition coefficient (Wildman–Crippen LogP) is -0.335. The molecule has 0 saturated carbocycles. The first-order valence-electron chi connectivity index (χ1n) is 6.41. The van der Waals surface area contributed by atoms with Crippen LogP contribution >= 0.6 is 0 Å². The molecule has 5 N–H and O–H groups in total. The van der Waals surface area contributed by atoms with E-state index in [0.717, 1.165) is 0 Å². The zero-order chi connectivity index (χ0) is 16.3. The van der Waals surface area contributed by atoms with E-state index in [-0.39, 0.29) is 29.4 Å². The first-order chi connectivity index (χ1) is 10.4. The summed E-state index contributed by atoms with van der Waals surface area (Å²) >= 11 is 0. The second kappa shape index (κ2) is 6.66. The number of rotatable bonds is 5. The van der Waals surface area contributed by atoms with Crippen LogP contribution in [0.25, 0.3) is 11.1 Å². The van der Waals surface area contributed by atoms with Crippen LogP contribution in [0.5, 0.6) is 0 Å². The molecule has 2 unspecified atom stereocenters. The summed E-state index contributed by atoms with van der Waals surface area (Å²) in [4.78, 5) is 14.2. The van der Waals surface area contributed by atoms with E-state index in [9.17, 15) is 20.4 Å². The number of hydrogen-bond donors (Lipinski definition) is 5. The predicted molar refractivity (Wildman–Crippen MR) is 73.7 cm³/mol. The molecular formula is C13H15N3O6. The van der Waals surface area contributed by atoms with Crippen molar-refractivity contribution in [2.24, 2.45) is 0 Å². The number of esters is 1. The molecule has 0 saturated heterocycles. The van der Waals surface area contributed by atoms with Crippen LogP contribution in [0.2, 0.25) is 0 Å². The lowest BCUT2D eigenvalue weighted by atomic mass is 10.1. The SMILES string of the molecule is CCOC(=O)c1cc(-c2ccc([NH+]([O-])O)cc2)c([NH+]([O-])O)[nH]1. The molecule has 2 rings (SSSR count). The Morgan fingerprint density at radius 2 is 1.86 bits per heavy atom. The highest BCUT2D eigenvalue weighted by atomic mass is 16.8.